The van der Waals surface area contributed by atoms with Crippen LogP contribution in [0.15, 0.2) is 12.7 Å². The van der Waals surface area contributed by atoms with Gasteiger partial charge in [-0.25, -0.2) is 0 Å². The first kappa shape index (κ1) is 11.8. The van der Waals surface area contributed by atoms with Crippen molar-refractivity contribution in [1.82, 2.24) is 5.32 Å². The van der Waals surface area contributed by atoms with E-state index in [1.807, 2.05) is 6.08 Å². The van der Waals surface area contributed by atoms with Crippen LogP contribution in [0.4, 0.5) is 0 Å². The minimum Gasteiger partial charge on any atom is -0.311 e. The van der Waals surface area contributed by atoms with E-state index in [1.165, 1.54) is 19.3 Å². The van der Waals surface area contributed by atoms with Crippen molar-refractivity contribution in [2.24, 2.45) is 11.8 Å². The van der Waals surface area contributed by atoms with Crippen molar-refractivity contribution in [3.8, 4) is 0 Å². The largest absolute Gasteiger partial charge is 0.311 e. The van der Waals surface area contributed by atoms with Crippen molar-refractivity contribution in [2.45, 2.75) is 58.5 Å². The van der Waals surface area contributed by atoms with Gasteiger partial charge in [0.05, 0.1) is 0 Å². The fourth-order valence-corrected chi connectivity index (χ4v) is 2.80. The highest BCUT2D eigenvalue weighted by Crippen LogP contribution is 2.28. The van der Waals surface area contributed by atoms with Gasteiger partial charge in [0.25, 0.3) is 0 Å². The third kappa shape index (κ3) is 3.83. The second kappa shape index (κ2) is 5.55. The molecule has 1 aliphatic rings. The zero-order valence-corrected chi connectivity index (χ0v) is 9.92. The van der Waals surface area contributed by atoms with Gasteiger partial charge in [-0.3, -0.25) is 0 Å². The van der Waals surface area contributed by atoms with Gasteiger partial charge >= 0.3 is 0 Å². The lowest BCUT2D eigenvalue weighted by atomic mass is 9.80. The zero-order valence-electron chi connectivity index (χ0n) is 9.92. The molecule has 1 fully saturated rings. The normalized spacial score (nSPS) is 35.2. The molecule has 0 bridgehead atoms. The maximum absolute atomic E-state index is 3.78. The van der Waals surface area contributed by atoms with E-state index in [2.05, 4.69) is 32.7 Å². The Kier molecular flexibility index (Phi) is 4.67. The molecule has 3 atom stereocenters. The van der Waals surface area contributed by atoms with Gasteiger partial charge in [-0.05, 0) is 44.4 Å². The van der Waals surface area contributed by atoms with Gasteiger partial charge in [-0.2, -0.15) is 0 Å². The van der Waals surface area contributed by atoms with Gasteiger partial charge in [0, 0.05) is 12.1 Å². The molecule has 1 saturated carbocycles. The molecule has 0 aromatic rings. The first-order valence-electron chi connectivity index (χ1n) is 5.98. The highest BCUT2D eigenvalue weighted by atomic mass is 14.9. The Morgan fingerprint density at radius 1 is 1.29 bits per heavy atom. The molecule has 0 aliphatic heterocycles. The molecule has 1 nitrogen and oxygen atoms in total. The molecule has 0 spiro atoms. The van der Waals surface area contributed by atoms with E-state index in [4.69, 9.17) is 0 Å². The summed E-state index contributed by atoms with van der Waals surface area (Å²) in [5.74, 6) is 1.79. The summed E-state index contributed by atoms with van der Waals surface area (Å²) in [6.07, 6.45) is 7.21. The van der Waals surface area contributed by atoms with Crippen molar-refractivity contribution in [3.63, 3.8) is 0 Å². The van der Waals surface area contributed by atoms with E-state index in [1.54, 1.807) is 0 Å². The highest BCUT2D eigenvalue weighted by molar-refractivity contribution is 4.83. The summed E-state index contributed by atoms with van der Waals surface area (Å²) in [4.78, 5) is 0. The molecule has 3 unspecified atom stereocenters. The van der Waals surface area contributed by atoms with E-state index < -0.39 is 0 Å². The number of hydrogen-bond acceptors (Lipinski definition) is 1. The second-order valence-electron chi connectivity index (χ2n) is 5.21. The fraction of sp³-hybridized carbons (Fsp3) is 0.846. The summed E-state index contributed by atoms with van der Waals surface area (Å²) < 4.78 is 0. The molecule has 0 amide bonds. The SMILES string of the molecule is C=CCC(C)NC1CC(C)CC(C)C1. The topological polar surface area (TPSA) is 12.0 Å². The lowest BCUT2D eigenvalue weighted by Crippen LogP contribution is -2.41. The lowest BCUT2D eigenvalue weighted by Gasteiger charge is -2.33. The van der Waals surface area contributed by atoms with E-state index >= 15 is 0 Å². The van der Waals surface area contributed by atoms with E-state index in [-0.39, 0.29) is 0 Å². The average molecular weight is 195 g/mol. The van der Waals surface area contributed by atoms with E-state index in [0.717, 1.165) is 24.3 Å². The van der Waals surface area contributed by atoms with Crippen molar-refractivity contribution in [1.29, 1.82) is 0 Å². The minimum atomic E-state index is 0.593. The van der Waals surface area contributed by atoms with Crippen LogP contribution in [0.5, 0.6) is 0 Å². The Morgan fingerprint density at radius 2 is 1.86 bits per heavy atom. The molecule has 0 heterocycles. The van der Waals surface area contributed by atoms with Gasteiger partial charge < -0.3 is 5.32 Å². The van der Waals surface area contributed by atoms with Crippen molar-refractivity contribution in [2.75, 3.05) is 0 Å². The van der Waals surface area contributed by atoms with Crippen LogP contribution in [0.1, 0.15) is 46.5 Å². The number of rotatable bonds is 4. The third-order valence-electron chi connectivity index (χ3n) is 3.22. The third-order valence-corrected chi connectivity index (χ3v) is 3.22. The van der Waals surface area contributed by atoms with Crippen molar-refractivity contribution in [3.05, 3.63) is 12.7 Å². The van der Waals surface area contributed by atoms with Crippen molar-refractivity contribution >= 4 is 0 Å². The van der Waals surface area contributed by atoms with E-state index in [9.17, 15) is 0 Å². The quantitative estimate of drug-likeness (QED) is 0.678. The molecular formula is C13H25N. The molecule has 14 heavy (non-hydrogen) atoms. The first-order valence-corrected chi connectivity index (χ1v) is 5.98. The van der Waals surface area contributed by atoms with Crippen LogP contribution in [0, 0.1) is 11.8 Å². The zero-order chi connectivity index (χ0) is 10.6. The Balaban J connectivity index is 2.32. The van der Waals surface area contributed by atoms with Crippen LogP contribution >= 0.6 is 0 Å². The second-order valence-corrected chi connectivity index (χ2v) is 5.21. The van der Waals surface area contributed by atoms with Gasteiger partial charge in [-0.1, -0.05) is 19.9 Å². The molecule has 1 rings (SSSR count). The fourth-order valence-electron chi connectivity index (χ4n) is 2.80. The van der Waals surface area contributed by atoms with Crippen LogP contribution < -0.4 is 5.32 Å². The minimum absolute atomic E-state index is 0.593. The predicted octanol–water partition coefficient (Wildman–Crippen LogP) is 3.37. The van der Waals surface area contributed by atoms with Crippen LogP contribution in [0.2, 0.25) is 0 Å². The maximum Gasteiger partial charge on any atom is 0.00757 e. The summed E-state index contributed by atoms with van der Waals surface area (Å²) in [5.41, 5.74) is 0. The summed E-state index contributed by atoms with van der Waals surface area (Å²) >= 11 is 0. The maximum atomic E-state index is 3.78. The molecule has 1 heteroatoms. The van der Waals surface area contributed by atoms with Gasteiger partial charge in [0.15, 0.2) is 0 Å². The smallest absolute Gasteiger partial charge is 0.00757 e. The van der Waals surface area contributed by atoms with Gasteiger partial charge in [0.1, 0.15) is 0 Å². The Hall–Kier alpha value is -0.300. The van der Waals surface area contributed by atoms with Crippen molar-refractivity contribution < 1.29 is 0 Å². The molecule has 0 aromatic heterocycles. The van der Waals surface area contributed by atoms with Gasteiger partial charge in [-0.15, -0.1) is 6.58 Å². The Bertz CT molecular complexity index is 166. The van der Waals surface area contributed by atoms with E-state index in [0.29, 0.717) is 6.04 Å². The summed E-state index contributed by atoms with van der Waals surface area (Å²) in [7, 11) is 0. The van der Waals surface area contributed by atoms with Crippen LogP contribution in [0.25, 0.3) is 0 Å². The Morgan fingerprint density at radius 3 is 2.36 bits per heavy atom. The molecular weight excluding hydrogens is 170 g/mol. The number of nitrogens with one attached hydrogen (secondary N) is 1. The summed E-state index contributed by atoms with van der Waals surface area (Å²) in [6, 6.07) is 1.33. The summed E-state index contributed by atoms with van der Waals surface area (Å²) in [6.45, 7) is 10.8. The molecule has 1 N–H and O–H groups in total. The lowest BCUT2D eigenvalue weighted by molar-refractivity contribution is 0.228. The average Bonchev–Trinajstić information content (AvgIpc) is 2.01. The molecule has 0 aromatic carbocycles. The molecule has 82 valence electrons. The molecule has 1 aliphatic carbocycles. The first-order chi connectivity index (χ1) is 6.61. The number of hydrogen-bond donors (Lipinski definition) is 1. The highest BCUT2D eigenvalue weighted by Gasteiger charge is 2.24. The summed E-state index contributed by atoms with van der Waals surface area (Å²) in [5, 5.41) is 3.71. The van der Waals surface area contributed by atoms with Crippen LogP contribution in [-0.2, 0) is 0 Å². The molecule has 0 radical (unpaired) electrons. The standard InChI is InChI=1S/C13H25N/c1-5-6-12(4)14-13-8-10(2)7-11(3)9-13/h5,10-14H,1,6-9H2,2-4H3. The van der Waals surface area contributed by atoms with Crippen LogP contribution in [0.3, 0.4) is 0 Å². The molecule has 0 saturated heterocycles. The van der Waals surface area contributed by atoms with Crippen LogP contribution in [-0.4, -0.2) is 12.1 Å². The van der Waals surface area contributed by atoms with Gasteiger partial charge in [0.2, 0.25) is 0 Å². The predicted molar refractivity (Wildman–Crippen MR) is 63.4 cm³/mol. The monoisotopic (exact) mass is 195 g/mol. The Labute approximate surface area is 89.0 Å².